The molecule has 0 aromatic rings. The summed E-state index contributed by atoms with van der Waals surface area (Å²) in [5, 5.41) is 0. The van der Waals surface area contributed by atoms with E-state index in [1.54, 1.807) is 0 Å². The molecule has 2 rings (SSSR count). The average Bonchev–Trinajstić information content (AvgIpc) is 2.29. The highest BCUT2D eigenvalue weighted by atomic mass is 16.5. The first-order valence-electron chi connectivity index (χ1n) is 4.57. The van der Waals surface area contributed by atoms with Crippen LogP contribution >= 0.6 is 0 Å². The molecule has 2 aliphatic rings. The maximum atomic E-state index is 5.56. The van der Waals surface area contributed by atoms with Crippen LogP contribution in [0, 0.1) is 5.92 Å². The van der Waals surface area contributed by atoms with Gasteiger partial charge in [0.1, 0.15) is 0 Å². The summed E-state index contributed by atoms with van der Waals surface area (Å²) in [6.07, 6.45) is 9.05. The summed E-state index contributed by atoms with van der Waals surface area (Å²) in [6, 6.07) is 0. The summed E-state index contributed by atoms with van der Waals surface area (Å²) in [6.45, 7) is 1.03. The minimum Gasteiger partial charge on any atom is -0.378 e. The van der Waals surface area contributed by atoms with Crippen LogP contribution in [-0.2, 0) is 4.74 Å². The summed E-state index contributed by atoms with van der Waals surface area (Å²) >= 11 is 0. The van der Waals surface area contributed by atoms with E-state index in [9.17, 15) is 0 Å². The van der Waals surface area contributed by atoms with Crippen molar-refractivity contribution in [1.82, 2.24) is 0 Å². The Balaban J connectivity index is 1.68. The van der Waals surface area contributed by atoms with Crippen LogP contribution in [0.4, 0.5) is 0 Å². The van der Waals surface area contributed by atoms with Gasteiger partial charge >= 0.3 is 0 Å². The van der Waals surface area contributed by atoms with E-state index in [1.807, 2.05) is 0 Å². The van der Waals surface area contributed by atoms with E-state index >= 15 is 0 Å². The Hall–Kier alpha value is -0.0400. The van der Waals surface area contributed by atoms with Gasteiger partial charge in [-0.25, -0.2) is 0 Å². The molecule has 0 bridgehead atoms. The number of rotatable bonds is 2. The summed E-state index contributed by atoms with van der Waals surface area (Å²) in [5.41, 5.74) is 0. The van der Waals surface area contributed by atoms with Crippen molar-refractivity contribution in [1.29, 1.82) is 0 Å². The van der Waals surface area contributed by atoms with Crippen LogP contribution < -0.4 is 0 Å². The first kappa shape index (κ1) is 6.66. The Kier molecular flexibility index (Phi) is 1.94. The van der Waals surface area contributed by atoms with Crippen LogP contribution in [0.25, 0.3) is 0 Å². The zero-order chi connectivity index (χ0) is 6.81. The third kappa shape index (κ3) is 1.34. The second kappa shape index (κ2) is 2.91. The molecule has 1 atom stereocenters. The summed E-state index contributed by atoms with van der Waals surface area (Å²) < 4.78 is 5.56. The van der Waals surface area contributed by atoms with E-state index in [0.29, 0.717) is 6.10 Å². The summed E-state index contributed by atoms with van der Waals surface area (Å²) in [7, 11) is 0. The molecule has 1 nitrogen and oxygen atoms in total. The number of hydrogen-bond donors (Lipinski definition) is 0. The highest BCUT2D eigenvalue weighted by Gasteiger charge is 2.24. The van der Waals surface area contributed by atoms with Crippen molar-refractivity contribution in [3.8, 4) is 0 Å². The monoisotopic (exact) mass is 140 g/mol. The van der Waals surface area contributed by atoms with Gasteiger partial charge in [0, 0.05) is 6.61 Å². The van der Waals surface area contributed by atoms with Gasteiger partial charge in [-0.3, -0.25) is 0 Å². The molecular formula is C9H16O. The van der Waals surface area contributed by atoms with E-state index in [4.69, 9.17) is 4.74 Å². The van der Waals surface area contributed by atoms with Crippen molar-refractivity contribution < 1.29 is 4.74 Å². The van der Waals surface area contributed by atoms with Gasteiger partial charge in [0.15, 0.2) is 0 Å². The van der Waals surface area contributed by atoms with Crippen molar-refractivity contribution in [3.05, 3.63) is 0 Å². The van der Waals surface area contributed by atoms with Gasteiger partial charge in [-0.2, -0.15) is 0 Å². The molecule has 0 aromatic carbocycles. The fourth-order valence-corrected chi connectivity index (χ4v) is 1.93. The van der Waals surface area contributed by atoms with Crippen LogP contribution in [0.15, 0.2) is 0 Å². The van der Waals surface area contributed by atoms with E-state index in [2.05, 4.69) is 0 Å². The Morgan fingerprint density at radius 3 is 2.50 bits per heavy atom. The second-order valence-electron chi connectivity index (χ2n) is 3.67. The molecule has 1 aliphatic heterocycles. The molecule has 2 fully saturated rings. The van der Waals surface area contributed by atoms with Crippen molar-refractivity contribution in [3.63, 3.8) is 0 Å². The first-order chi connectivity index (χ1) is 4.95. The van der Waals surface area contributed by atoms with Gasteiger partial charge in [-0.05, 0) is 25.2 Å². The highest BCUT2D eigenvalue weighted by Crippen LogP contribution is 2.33. The summed E-state index contributed by atoms with van der Waals surface area (Å²) in [4.78, 5) is 0. The molecule has 0 radical (unpaired) electrons. The minimum atomic E-state index is 0.644. The van der Waals surface area contributed by atoms with Crippen LogP contribution in [-0.4, -0.2) is 12.7 Å². The largest absolute Gasteiger partial charge is 0.378 e. The Bertz CT molecular complexity index is 101. The molecule has 0 amide bonds. The van der Waals surface area contributed by atoms with Gasteiger partial charge in [0.05, 0.1) is 6.10 Å². The molecule has 1 saturated heterocycles. The Labute approximate surface area is 62.8 Å². The molecule has 1 heterocycles. The quantitative estimate of drug-likeness (QED) is 0.572. The van der Waals surface area contributed by atoms with Gasteiger partial charge in [-0.1, -0.05) is 19.3 Å². The van der Waals surface area contributed by atoms with Crippen molar-refractivity contribution in [2.45, 2.75) is 44.6 Å². The molecule has 10 heavy (non-hydrogen) atoms. The lowest BCUT2D eigenvalue weighted by atomic mass is 9.81. The topological polar surface area (TPSA) is 9.23 Å². The van der Waals surface area contributed by atoms with Crippen molar-refractivity contribution in [2.24, 2.45) is 5.92 Å². The lowest BCUT2D eigenvalue weighted by Gasteiger charge is -2.27. The zero-order valence-corrected chi connectivity index (χ0v) is 6.51. The smallest absolute Gasteiger partial charge is 0.0578 e. The van der Waals surface area contributed by atoms with Gasteiger partial charge in [0.25, 0.3) is 0 Å². The van der Waals surface area contributed by atoms with Crippen LogP contribution in [0.2, 0.25) is 0 Å². The molecule has 1 unspecified atom stereocenters. The molecule has 0 aromatic heterocycles. The lowest BCUT2D eigenvalue weighted by Crippen LogP contribution is -2.18. The molecule has 1 saturated carbocycles. The minimum absolute atomic E-state index is 0.644. The van der Waals surface area contributed by atoms with Crippen LogP contribution in [0.5, 0.6) is 0 Å². The third-order valence-corrected chi connectivity index (χ3v) is 2.84. The third-order valence-electron chi connectivity index (χ3n) is 2.84. The fraction of sp³-hybridized carbons (Fsp3) is 1.00. The van der Waals surface area contributed by atoms with E-state index in [0.717, 1.165) is 12.5 Å². The zero-order valence-electron chi connectivity index (χ0n) is 6.51. The number of ether oxygens (including phenoxy) is 1. The molecule has 1 heteroatoms. The van der Waals surface area contributed by atoms with Crippen LogP contribution in [0.1, 0.15) is 38.5 Å². The molecule has 58 valence electrons. The average molecular weight is 140 g/mol. The first-order valence-corrected chi connectivity index (χ1v) is 4.57. The lowest BCUT2D eigenvalue weighted by molar-refractivity contribution is 0.0755. The van der Waals surface area contributed by atoms with Gasteiger partial charge in [-0.15, -0.1) is 0 Å². The highest BCUT2D eigenvalue weighted by molar-refractivity contribution is 4.75. The van der Waals surface area contributed by atoms with Crippen molar-refractivity contribution >= 4 is 0 Å². The van der Waals surface area contributed by atoms with E-state index in [1.165, 1.54) is 38.5 Å². The van der Waals surface area contributed by atoms with Gasteiger partial charge < -0.3 is 4.74 Å². The maximum Gasteiger partial charge on any atom is 0.0578 e. The second-order valence-corrected chi connectivity index (χ2v) is 3.67. The van der Waals surface area contributed by atoms with Crippen LogP contribution in [0.3, 0.4) is 0 Å². The van der Waals surface area contributed by atoms with Crippen molar-refractivity contribution in [2.75, 3.05) is 6.61 Å². The predicted molar refractivity (Wildman–Crippen MR) is 40.9 cm³/mol. The summed E-state index contributed by atoms with van der Waals surface area (Å²) in [5.74, 6) is 1.03. The molecule has 0 N–H and O–H groups in total. The normalized spacial score (nSPS) is 34.2. The maximum absolute atomic E-state index is 5.56. The SMILES string of the molecule is C1CC(CC2CCCO2)C1. The van der Waals surface area contributed by atoms with Gasteiger partial charge in [0.2, 0.25) is 0 Å². The fourth-order valence-electron chi connectivity index (χ4n) is 1.93. The standard InChI is InChI=1S/C9H16O/c1-3-8(4-1)7-9-5-2-6-10-9/h8-9H,1-7H2. The Morgan fingerprint density at radius 2 is 2.00 bits per heavy atom. The predicted octanol–water partition coefficient (Wildman–Crippen LogP) is 2.36. The molecule has 0 spiro atoms. The van der Waals surface area contributed by atoms with E-state index < -0.39 is 0 Å². The Morgan fingerprint density at radius 1 is 1.10 bits per heavy atom. The number of hydrogen-bond acceptors (Lipinski definition) is 1. The van der Waals surface area contributed by atoms with E-state index in [-0.39, 0.29) is 0 Å². The molecular weight excluding hydrogens is 124 g/mol. The molecule has 1 aliphatic carbocycles.